The highest BCUT2D eigenvalue weighted by Crippen LogP contribution is 2.33. The van der Waals surface area contributed by atoms with E-state index in [1.165, 1.54) is 17.7 Å². The Labute approximate surface area is 127 Å². The Morgan fingerprint density at radius 3 is 2.90 bits per heavy atom. The molecule has 0 spiro atoms. The molecule has 1 atom stereocenters. The van der Waals surface area contributed by atoms with Crippen molar-refractivity contribution in [3.8, 4) is 0 Å². The molecule has 3 rings (SSSR count). The number of carbonyl (C=O) groups excluding carboxylic acids is 1. The summed E-state index contributed by atoms with van der Waals surface area (Å²) < 4.78 is 13.1. The molecule has 0 aromatic heterocycles. The summed E-state index contributed by atoms with van der Waals surface area (Å²) in [6, 6.07) is 12.5. The third-order valence-electron chi connectivity index (χ3n) is 3.80. The van der Waals surface area contributed by atoms with Gasteiger partial charge in [0.2, 0.25) is 0 Å². The van der Waals surface area contributed by atoms with Gasteiger partial charge in [0.05, 0.1) is 5.02 Å². The molecule has 108 valence electrons. The van der Waals surface area contributed by atoms with Gasteiger partial charge in [-0.15, -0.1) is 0 Å². The first-order valence-corrected chi connectivity index (χ1v) is 7.29. The number of benzene rings is 2. The SMILES string of the molecule is O=C(Cc1ccc(F)c(Cl)c1)CC1CNc2ccccc21. The molecule has 0 bridgehead atoms. The van der Waals surface area contributed by atoms with Crippen molar-refractivity contribution in [2.45, 2.75) is 18.8 Å². The highest BCUT2D eigenvalue weighted by Gasteiger charge is 2.23. The Morgan fingerprint density at radius 2 is 2.10 bits per heavy atom. The Kier molecular flexibility index (Phi) is 3.93. The summed E-state index contributed by atoms with van der Waals surface area (Å²) in [6.45, 7) is 0.787. The van der Waals surface area contributed by atoms with Crippen LogP contribution >= 0.6 is 11.6 Å². The predicted octanol–water partition coefficient (Wildman–Crippen LogP) is 4.19. The highest BCUT2D eigenvalue weighted by molar-refractivity contribution is 6.30. The minimum Gasteiger partial charge on any atom is -0.384 e. The van der Waals surface area contributed by atoms with Gasteiger partial charge in [-0.2, -0.15) is 0 Å². The smallest absolute Gasteiger partial charge is 0.141 e. The van der Waals surface area contributed by atoms with Crippen molar-refractivity contribution in [1.82, 2.24) is 0 Å². The minimum absolute atomic E-state index is 0.0631. The molecule has 1 aliphatic rings. The zero-order valence-corrected chi connectivity index (χ0v) is 12.2. The molecule has 1 unspecified atom stereocenters. The van der Waals surface area contributed by atoms with E-state index in [2.05, 4.69) is 11.4 Å². The van der Waals surface area contributed by atoms with Crippen LogP contribution in [-0.4, -0.2) is 12.3 Å². The van der Waals surface area contributed by atoms with Crippen LogP contribution in [0.5, 0.6) is 0 Å². The topological polar surface area (TPSA) is 29.1 Å². The largest absolute Gasteiger partial charge is 0.384 e. The molecule has 0 saturated heterocycles. The molecule has 2 nitrogen and oxygen atoms in total. The first kappa shape index (κ1) is 14.1. The fourth-order valence-electron chi connectivity index (χ4n) is 2.76. The molecule has 2 aromatic rings. The Morgan fingerprint density at radius 1 is 1.29 bits per heavy atom. The molecule has 1 heterocycles. The zero-order chi connectivity index (χ0) is 14.8. The van der Waals surface area contributed by atoms with Crippen molar-refractivity contribution in [3.05, 3.63) is 64.4 Å². The van der Waals surface area contributed by atoms with E-state index in [0.29, 0.717) is 12.8 Å². The van der Waals surface area contributed by atoms with Crippen LogP contribution in [0.25, 0.3) is 0 Å². The van der Waals surface area contributed by atoms with Crippen LogP contribution in [0.2, 0.25) is 5.02 Å². The van der Waals surface area contributed by atoms with Gasteiger partial charge in [0.1, 0.15) is 11.6 Å². The van der Waals surface area contributed by atoms with Gasteiger partial charge < -0.3 is 5.32 Å². The van der Waals surface area contributed by atoms with Gasteiger partial charge in [-0.05, 0) is 29.3 Å². The second-order valence-corrected chi connectivity index (χ2v) is 5.74. The third kappa shape index (κ3) is 3.08. The average molecular weight is 304 g/mol. The number of rotatable bonds is 4. The number of ketones is 1. The quantitative estimate of drug-likeness (QED) is 0.917. The van der Waals surface area contributed by atoms with E-state index in [1.807, 2.05) is 18.2 Å². The lowest BCUT2D eigenvalue weighted by molar-refractivity contribution is -0.118. The van der Waals surface area contributed by atoms with Crippen LogP contribution in [0.3, 0.4) is 0 Å². The molecule has 0 radical (unpaired) electrons. The maximum atomic E-state index is 13.1. The number of para-hydroxylation sites is 1. The molecule has 2 aromatic carbocycles. The van der Waals surface area contributed by atoms with Gasteiger partial charge in [0, 0.05) is 31.0 Å². The lowest BCUT2D eigenvalue weighted by atomic mass is 9.93. The number of Topliss-reactive ketones (excluding diaryl/α,β-unsaturated/α-hetero) is 1. The first-order valence-electron chi connectivity index (χ1n) is 6.92. The molecule has 4 heteroatoms. The van der Waals surface area contributed by atoms with Crippen molar-refractivity contribution in [2.75, 3.05) is 11.9 Å². The Balaban J connectivity index is 1.66. The van der Waals surface area contributed by atoms with Gasteiger partial charge in [0.25, 0.3) is 0 Å². The van der Waals surface area contributed by atoms with Gasteiger partial charge in [-0.3, -0.25) is 4.79 Å². The summed E-state index contributed by atoms with van der Waals surface area (Å²) in [6.07, 6.45) is 0.775. The van der Waals surface area contributed by atoms with E-state index in [0.717, 1.165) is 17.8 Å². The monoisotopic (exact) mass is 303 g/mol. The molecule has 1 aliphatic heterocycles. The highest BCUT2D eigenvalue weighted by atomic mass is 35.5. The fraction of sp³-hybridized carbons (Fsp3) is 0.235. The lowest BCUT2D eigenvalue weighted by Crippen LogP contribution is -2.11. The van der Waals surface area contributed by atoms with Crippen LogP contribution in [0.15, 0.2) is 42.5 Å². The van der Waals surface area contributed by atoms with Crippen molar-refractivity contribution in [1.29, 1.82) is 0 Å². The maximum absolute atomic E-state index is 13.1. The summed E-state index contributed by atoms with van der Waals surface area (Å²) in [4.78, 5) is 12.2. The predicted molar refractivity (Wildman–Crippen MR) is 82.4 cm³/mol. The third-order valence-corrected chi connectivity index (χ3v) is 4.09. The lowest BCUT2D eigenvalue weighted by Gasteiger charge is -2.09. The summed E-state index contributed by atoms with van der Waals surface area (Å²) in [5.41, 5.74) is 3.06. The Bertz CT molecular complexity index is 686. The number of anilines is 1. The fourth-order valence-corrected chi connectivity index (χ4v) is 2.97. The summed E-state index contributed by atoms with van der Waals surface area (Å²) >= 11 is 5.74. The summed E-state index contributed by atoms with van der Waals surface area (Å²) in [5, 5.41) is 3.38. The van der Waals surface area contributed by atoms with Crippen LogP contribution in [0.1, 0.15) is 23.5 Å². The number of hydrogen-bond acceptors (Lipinski definition) is 2. The molecule has 21 heavy (non-hydrogen) atoms. The molecular weight excluding hydrogens is 289 g/mol. The molecule has 0 saturated carbocycles. The first-order chi connectivity index (χ1) is 10.1. The normalized spacial score (nSPS) is 16.4. The van der Waals surface area contributed by atoms with E-state index in [-0.39, 0.29) is 16.7 Å². The van der Waals surface area contributed by atoms with Crippen LogP contribution in [0, 0.1) is 5.82 Å². The molecule has 0 amide bonds. The van der Waals surface area contributed by atoms with Crippen molar-refractivity contribution >= 4 is 23.1 Å². The van der Waals surface area contributed by atoms with E-state index in [4.69, 9.17) is 11.6 Å². The number of hydrogen-bond donors (Lipinski definition) is 1. The number of nitrogens with one attached hydrogen (secondary N) is 1. The standard InChI is InChI=1S/C17H15ClFNO/c18-15-8-11(5-6-16(15)19)7-13(21)9-12-10-20-17-4-2-1-3-14(12)17/h1-6,8,12,20H,7,9-10H2. The molecule has 0 fully saturated rings. The second-order valence-electron chi connectivity index (χ2n) is 5.33. The second kappa shape index (κ2) is 5.86. The van der Waals surface area contributed by atoms with Crippen molar-refractivity contribution in [2.24, 2.45) is 0 Å². The Hall–Kier alpha value is -1.87. The minimum atomic E-state index is -0.457. The van der Waals surface area contributed by atoms with Gasteiger partial charge in [0.15, 0.2) is 0 Å². The van der Waals surface area contributed by atoms with E-state index in [9.17, 15) is 9.18 Å². The van der Waals surface area contributed by atoms with Crippen LogP contribution in [-0.2, 0) is 11.2 Å². The van der Waals surface area contributed by atoms with Crippen molar-refractivity contribution in [3.63, 3.8) is 0 Å². The van der Waals surface area contributed by atoms with Gasteiger partial charge in [-0.25, -0.2) is 4.39 Å². The van der Waals surface area contributed by atoms with E-state index in [1.54, 1.807) is 6.07 Å². The number of halogens is 2. The average Bonchev–Trinajstić information content (AvgIpc) is 2.86. The van der Waals surface area contributed by atoms with Gasteiger partial charge in [-0.1, -0.05) is 35.9 Å². The van der Waals surface area contributed by atoms with Crippen LogP contribution < -0.4 is 5.32 Å². The molecular formula is C17H15ClFNO. The van der Waals surface area contributed by atoms with Crippen molar-refractivity contribution < 1.29 is 9.18 Å². The summed E-state index contributed by atoms with van der Waals surface area (Å²) in [5.74, 6) is -0.104. The van der Waals surface area contributed by atoms with E-state index >= 15 is 0 Å². The van der Waals surface area contributed by atoms with Gasteiger partial charge >= 0.3 is 0 Å². The van der Waals surface area contributed by atoms with Crippen LogP contribution in [0.4, 0.5) is 10.1 Å². The maximum Gasteiger partial charge on any atom is 0.141 e. The zero-order valence-electron chi connectivity index (χ0n) is 11.4. The molecule has 0 aliphatic carbocycles. The van der Waals surface area contributed by atoms with E-state index < -0.39 is 5.82 Å². The number of fused-ring (bicyclic) bond motifs is 1. The summed E-state index contributed by atoms with van der Waals surface area (Å²) in [7, 11) is 0. The molecule has 1 N–H and O–H groups in total. The number of carbonyl (C=O) groups is 1.